The van der Waals surface area contributed by atoms with Gasteiger partial charge in [-0.2, -0.15) is 4.98 Å². The molecule has 25 heavy (non-hydrogen) atoms. The first-order valence-electron chi connectivity index (χ1n) is 8.82. The van der Waals surface area contributed by atoms with Gasteiger partial charge in [-0.3, -0.25) is 0 Å². The van der Waals surface area contributed by atoms with Crippen molar-refractivity contribution in [3.05, 3.63) is 77.5 Å². The monoisotopic (exact) mass is 330 g/mol. The van der Waals surface area contributed by atoms with Crippen molar-refractivity contribution in [1.29, 1.82) is 0 Å². The molecular formula is C21H22N4. The van der Waals surface area contributed by atoms with E-state index in [-0.39, 0.29) is 0 Å². The van der Waals surface area contributed by atoms with Crippen LogP contribution >= 0.6 is 0 Å². The molecule has 2 heterocycles. The fraction of sp³-hybridized carbons (Fsp3) is 0.238. The number of rotatable bonds is 4. The van der Waals surface area contributed by atoms with E-state index in [2.05, 4.69) is 70.7 Å². The Bertz CT molecular complexity index is 858. The van der Waals surface area contributed by atoms with Gasteiger partial charge >= 0.3 is 0 Å². The average Bonchev–Trinajstić information content (AvgIpc) is 2.68. The van der Waals surface area contributed by atoms with E-state index in [1.165, 1.54) is 16.7 Å². The van der Waals surface area contributed by atoms with E-state index in [9.17, 15) is 0 Å². The summed E-state index contributed by atoms with van der Waals surface area (Å²) in [5, 5.41) is 3.30. The highest BCUT2D eigenvalue weighted by Crippen LogP contribution is 2.24. The molecule has 0 radical (unpaired) electrons. The molecule has 1 aromatic heterocycles. The summed E-state index contributed by atoms with van der Waals surface area (Å²) in [5.74, 6) is 1.61. The summed E-state index contributed by atoms with van der Waals surface area (Å²) in [7, 11) is 0. The molecule has 0 spiro atoms. The highest BCUT2D eigenvalue weighted by atomic mass is 15.2. The van der Waals surface area contributed by atoms with Crippen LogP contribution in [0, 0.1) is 0 Å². The highest BCUT2D eigenvalue weighted by Gasteiger charge is 2.17. The van der Waals surface area contributed by atoms with Crippen LogP contribution in [-0.2, 0) is 19.4 Å². The van der Waals surface area contributed by atoms with Gasteiger partial charge in [0.25, 0.3) is 0 Å². The first kappa shape index (κ1) is 15.6. The molecule has 0 saturated carbocycles. The zero-order valence-corrected chi connectivity index (χ0v) is 14.4. The van der Waals surface area contributed by atoms with Crippen molar-refractivity contribution in [2.24, 2.45) is 0 Å². The van der Waals surface area contributed by atoms with E-state index in [0.717, 1.165) is 37.4 Å². The van der Waals surface area contributed by atoms with Gasteiger partial charge in [-0.1, -0.05) is 43.3 Å². The Morgan fingerprint density at radius 2 is 1.80 bits per heavy atom. The van der Waals surface area contributed by atoms with Crippen molar-refractivity contribution < 1.29 is 0 Å². The van der Waals surface area contributed by atoms with Gasteiger partial charge in [0.2, 0.25) is 5.95 Å². The standard InChI is InChI=1S/C21H22N4/c1-2-16-7-9-19(10-8-16)23-21-22-13-11-20(24-21)25-14-12-17-5-3-4-6-18(17)15-25/h3-11,13H,2,12,14-15H2,1H3,(H,22,23,24). The third-order valence-corrected chi connectivity index (χ3v) is 4.71. The van der Waals surface area contributed by atoms with Crippen molar-refractivity contribution in [3.8, 4) is 0 Å². The van der Waals surface area contributed by atoms with Gasteiger partial charge < -0.3 is 10.2 Å². The van der Waals surface area contributed by atoms with Gasteiger partial charge in [-0.15, -0.1) is 0 Å². The molecule has 1 aliphatic heterocycles. The second kappa shape index (κ2) is 6.93. The Kier molecular flexibility index (Phi) is 4.34. The van der Waals surface area contributed by atoms with Crippen LogP contribution in [-0.4, -0.2) is 16.5 Å². The molecule has 1 N–H and O–H groups in total. The van der Waals surface area contributed by atoms with Gasteiger partial charge in [0.05, 0.1) is 0 Å². The van der Waals surface area contributed by atoms with Crippen LogP contribution in [0.4, 0.5) is 17.5 Å². The third-order valence-electron chi connectivity index (χ3n) is 4.71. The lowest BCUT2D eigenvalue weighted by Gasteiger charge is -2.29. The summed E-state index contributed by atoms with van der Waals surface area (Å²) >= 11 is 0. The summed E-state index contributed by atoms with van der Waals surface area (Å²) < 4.78 is 0. The molecule has 126 valence electrons. The van der Waals surface area contributed by atoms with Crippen molar-refractivity contribution >= 4 is 17.5 Å². The summed E-state index contributed by atoms with van der Waals surface area (Å²) in [6.45, 7) is 4.04. The Morgan fingerprint density at radius 1 is 1.00 bits per heavy atom. The van der Waals surface area contributed by atoms with Crippen LogP contribution in [0.5, 0.6) is 0 Å². The number of hydrogen-bond acceptors (Lipinski definition) is 4. The predicted molar refractivity (Wildman–Crippen MR) is 102 cm³/mol. The lowest BCUT2D eigenvalue weighted by molar-refractivity contribution is 0.720. The number of hydrogen-bond donors (Lipinski definition) is 1. The second-order valence-corrected chi connectivity index (χ2v) is 6.35. The number of aromatic nitrogens is 2. The fourth-order valence-electron chi connectivity index (χ4n) is 3.23. The minimum atomic E-state index is 0.639. The van der Waals surface area contributed by atoms with Gasteiger partial charge in [0.15, 0.2) is 0 Å². The molecule has 4 rings (SSSR count). The van der Waals surface area contributed by atoms with Gasteiger partial charge in [-0.25, -0.2) is 4.98 Å². The topological polar surface area (TPSA) is 41.1 Å². The summed E-state index contributed by atoms with van der Waals surface area (Å²) in [5.41, 5.74) is 5.17. The molecule has 0 amide bonds. The van der Waals surface area contributed by atoms with Crippen molar-refractivity contribution in [3.63, 3.8) is 0 Å². The number of anilines is 3. The largest absolute Gasteiger partial charge is 0.352 e. The van der Waals surface area contributed by atoms with Gasteiger partial charge in [0.1, 0.15) is 5.82 Å². The molecule has 1 aliphatic rings. The Balaban J connectivity index is 1.51. The molecule has 4 nitrogen and oxygen atoms in total. The molecule has 3 aromatic rings. The van der Waals surface area contributed by atoms with Crippen molar-refractivity contribution in [1.82, 2.24) is 9.97 Å². The first-order valence-corrected chi connectivity index (χ1v) is 8.82. The highest BCUT2D eigenvalue weighted by molar-refractivity contribution is 5.56. The number of nitrogens with zero attached hydrogens (tertiary/aromatic N) is 3. The normalized spacial score (nSPS) is 13.4. The average molecular weight is 330 g/mol. The number of benzene rings is 2. The number of aryl methyl sites for hydroxylation is 1. The second-order valence-electron chi connectivity index (χ2n) is 6.35. The van der Waals surface area contributed by atoms with E-state index < -0.39 is 0 Å². The Morgan fingerprint density at radius 3 is 2.60 bits per heavy atom. The van der Waals surface area contributed by atoms with Crippen LogP contribution in [0.25, 0.3) is 0 Å². The van der Waals surface area contributed by atoms with Crippen molar-refractivity contribution in [2.75, 3.05) is 16.8 Å². The summed E-state index contributed by atoms with van der Waals surface area (Å²) in [6, 6.07) is 19.1. The van der Waals surface area contributed by atoms with Crippen LogP contribution in [0.1, 0.15) is 23.6 Å². The quantitative estimate of drug-likeness (QED) is 0.772. The van der Waals surface area contributed by atoms with Crippen LogP contribution < -0.4 is 10.2 Å². The fourth-order valence-corrected chi connectivity index (χ4v) is 3.23. The number of nitrogens with one attached hydrogen (secondary N) is 1. The predicted octanol–water partition coefficient (Wildman–Crippen LogP) is 4.35. The van der Waals surface area contributed by atoms with E-state index in [1.54, 1.807) is 0 Å². The van der Waals surface area contributed by atoms with Crippen molar-refractivity contribution in [2.45, 2.75) is 26.3 Å². The van der Waals surface area contributed by atoms with E-state index >= 15 is 0 Å². The molecule has 0 unspecified atom stereocenters. The lowest BCUT2D eigenvalue weighted by Crippen LogP contribution is -2.31. The van der Waals surface area contributed by atoms with Crippen LogP contribution in [0.2, 0.25) is 0 Å². The maximum atomic E-state index is 4.71. The van der Waals surface area contributed by atoms with Gasteiger partial charge in [-0.05, 0) is 47.7 Å². The van der Waals surface area contributed by atoms with Crippen LogP contribution in [0.15, 0.2) is 60.8 Å². The maximum Gasteiger partial charge on any atom is 0.229 e. The zero-order chi connectivity index (χ0) is 17.1. The smallest absolute Gasteiger partial charge is 0.229 e. The minimum Gasteiger partial charge on any atom is -0.352 e. The molecule has 0 aliphatic carbocycles. The Labute approximate surface area is 148 Å². The van der Waals surface area contributed by atoms with E-state index in [1.807, 2.05) is 12.3 Å². The lowest BCUT2D eigenvalue weighted by atomic mass is 10.00. The third kappa shape index (κ3) is 3.48. The van der Waals surface area contributed by atoms with E-state index in [0.29, 0.717) is 5.95 Å². The molecule has 0 saturated heterocycles. The Hall–Kier alpha value is -2.88. The summed E-state index contributed by atoms with van der Waals surface area (Å²) in [4.78, 5) is 11.4. The molecule has 0 bridgehead atoms. The summed E-state index contributed by atoms with van der Waals surface area (Å²) in [6.07, 6.45) is 3.93. The molecule has 4 heteroatoms. The number of fused-ring (bicyclic) bond motifs is 1. The molecule has 0 fully saturated rings. The van der Waals surface area contributed by atoms with Crippen LogP contribution in [0.3, 0.4) is 0 Å². The van der Waals surface area contributed by atoms with E-state index in [4.69, 9.17) is 4.98 Å². The molecule has 0 atom stereocenters. The minimum absolute atomic E-state index is 0.639. The zero-order valence-electron chi connectivity index (χ0n) is 14.4. The SMILES string of the molecule is CCc1ccc(Nc2nccc(N3CCc4ccccc4C3)n2)cc1. The molecule has 2 aromatic carbocycles. The van der Waals surface area contributed by atoms with Gasteiger partial charge in [0, 0.05) is 25.0 Å². The maximum absolute atomic E-state index is 4.71. The molecular weight excluding hydrogens is 308 g/mol. The first-order chi connectivity index (χ1) is 12.3.